The monoisotopic (exact) mass is 198 g/mol. The van der Waals surface area contributed by atoms with Crippen molar-refractivity contribution < 1.29 is 4.79 Å². The molecule has 1 heterocycles. The van der Waals surface area contributed by atoms with Crippen LogP contribution in [0, 0.1) is 0 Å². The highest BCUT2D eigenvalue weighted by Gasteiger charge is 2.06. The molecule has 0 saturated heterocycles. The van der Waals surface area contributed by atoms with Crippen molar-refractivity contribution in [1.82, 2.24) is 5.32 Å². The fraction of sp³-hybridized carbons (Fsp3) is 0.444. The number of hydrogen-bond acceptors (Lipinski definition) is 3. The number of nitrogens with two attached hydrogens (primary N) is 1. The molecule has 13 heavy (non-hydrogen) atoms. The summed E-state index contributed by atoms with van der Waals surface area (Å²) in [4.78, 5) is 13.4. The van der Waals surface area contributed by atoms with Gasteiger partial charge in [0.05, 0.1) is 4.88 Å². The average Bonchev–Trinajstić information content (AvgIpc) is 2.62. The minimum Gasteiger partial charge on any atom is -0.350 e. The van der Waals surface area contributed by atoms with Gasteiger partial charge in [-0.25, -0.2) is 0 Å². The minimum atomic E-state index is -0.0184. The van der Waals surface area contributed by atoms with Gasteiger partial charge in [0.2, 0.25) is 0 Å². The number of aryl methyl sites for hydroxylation is 1. The molecule has 0 unspecified atom stereocenters. The SMILES string of the molecule is CCc1ccc(C(=O)NCCN)s1. The van der Waals surface area contributed by atoms with Gasteiger partial charge in [-0.15, -0.1) is 11.3 Å². The van der Waals surface area contributed by atoms with Crippen molar-refractivity contribution in [2.75, 3.05) is 13.1 Å². The molecule has 1 amide bonds. The van der Waals surface area contributed by atoms with Crippen molar-refractivity contribution >= 4 is 17.2 Å². The molecule has 0 aromatic carbocycles. The Bertz CT molecular complexity index is 283. The van der Waals surface area contributed by atoms with E-state index in [0.29, 0.717) is 13.1 Å². The van der Waals surface area contributed by atoms with Crippen molar-refractivity contribution in [2.45, 2.75) is 13.3 Å². The van der Waals surface area contributed by atoms with Gasteiger partial charge in [-0.05, 0) is 18.6 Å². The molecule has 72 valence electrons. The minimum absolute atomic E-state index is 0.0184. The van der Waals surface area contributed by atoms with Gasteiger partial charge in [0.1, 0.15) is 0 Å². The zero-order chi connectivity index (χ0) is 9.68. The van der Waals surface area contributed by atoms with Crippen LogP contribution in [0.2, 0.25) is 0 Å². The molecule has 0 saturated carbocycles. The largest absolute Gasteiger partial charge is 0.350 e. The van der Waals surface area contributed by atoms with Crippen LogP contribution in [0.1, 0.15) is 21.5 Å². The molecular weight excluding hydrogens is 184 g/mol. The summed E-state index contributed by atoms with van der Waals surface area (Å²) in [6.45, 7) is 3.10. The first-order valence-corrected chi connectivity index (χ1v) is 5.16. The molecule has 0 atom stereocenters. The van der Waals surface area contributed by atoms with Gasteiger partial charge in [0.25, 0.3) is 5.91 Å². The summed E-state index contributed by atoms with van der Waals surface area (Å²) in [5.41, 5.74) is 5.27. The summed E-state index contributed by atoms with van der Waals surface area (Å²) in [5.74, 6) is -0.0184. The van der Waals surface area contributed by atoms with E-state index >= 15 is 0 Å². The number of carbonyl (C=O) groups excluding carboxylic acids is 1. The van der Waals surface area contributed by atoms with Crippen LogP contribution in [0.4, 0.5) is 0 Å². The number of rotatable bonds is 4. The molecule has 0 bridgehead atoms. The predicted octanol–water partition coefficient (Wildman–Crippen LogP) is 0.999. The number of amides is 1. The maximum absolute atomic E-state index is 11.4. The summed E-state index contributed by atoms with van der Waals surface area (Å²) in [6, 6.07) is 3.84. The first-order chi connectivity index (χ1) is 6.27. The van der Waals surface area contributed by atoms with Gasteiger partial charge >= 0.3 is 0 Å². The molecule has 1 aromatic rings. The van der Waals surface area contributed by atoms with E-state index < -0.39 is 0 Å². The Morgan fingerprint density at radius 2 is 2.38 bits per heavy atom. The Balaban J connectivity index is 2.55. The lowest BCUT2D eigenvalue weighted by molar-refractivity contribution is 0.0959. The van der Waals surface area contributed by atoms with E-state index in [1.165, 1.54) is 16.2 Å². The Hall–Kier alpha value is -0.870. The van der Waals surface area contributed by atoms with Crippen LogP contribution < -0.4 is 11.1 Å². The molecule has 3 nitrogen and oxygen atoms in total. The van der Waals surface area contributed by atoms with E-state index in [0.717, 1.165) is 11.3 Å². The molecule has 1 rings (SSSR count). The van der Waals surface area contributed by atoms with Crippen LogP contribution in [0.25, 0.3) is 0 Å². The summed E-state index contributed by atoms with van der Waals surface area (Å²) >= 11 is 1.54. The van der Waals surface area contributed by atoms with E-state index in [9.17, 15) is 4.79 Å². The molecule has 4 heteroatoms. The van der Waals surface area contributed by atoms with Gasteiger partial charge in [0, 0.05) is 18.0 Å². The highest BCUT2D eigenvalue weighted by Crippen LogP contribution is 2.16. The second kappa shape index (κ2) is 4.99. The van der Waals surface area contributed by atoms with Crippen molar-refractivity contribution in [1.29, 1.82) is 0 Å². The van der Waals surface area contributed by atoms with E-state index in [4.69, 9.17) is 5.73 Å². The molecule has 0 aliphatic rings. The number of carbonyl (C=O) groups is 1. The third-order valence-electron chi connectivity index (χ3n) is 1.66. The summed E-state index contributed by atoms with van der Waals surface area (Å²) < 4.78 is 0. The second-order valence-electron chi connectivity index (χ2n) is 2.66. The predicted molar refractivity (Wildman–Crippen MR) is 55.1 cm³/mol. The summed E-state index contributed by atoms with van der Waals surface area (Å²) in [5, 5.41) is 2.73. The van der Waals surface area contributed by atoms with E-state index in [1.54, 1.807) is 0 Å². The number of hydrogen-bond donors (Lipinski definition) is 2. The molecule has 3 N–H and O–H groups in total. The second-order valence-corrected chi connectivity index (χ2v) is 3.83. The van der Waals surface area contributed by atoms with Crippen molar-refractivity contribution in [3.63, 3.8) is 0 Å². The standard InChI is InChI=1S/C9H14N2OS/c1-2-7-3-4-8(13-7)9(12)11-6-5-10/h3-4H,2,5-6,10H2,1H3,(H,11,12). The first kappa shape index (κ1) is 10.2. The fourth-order valence-corrected chi connectivity index (χ4v) is 1.83. The normalized spacial score (nSPS) is 10.0. The van der Waals surface area contributed by atoms with Crippen LogP contribution in [-0.4, -0.2) is 19.0 Å². The highest BCUT2D eigenvalue weighted by molar-refractivity contribution is 7.14. The molecule has 0 radical (unpaired) electrons. The van der Waals surface area contributed by atoms with Gasteiger partial charge in [0.15, 0.2) is 0 Å². The van der Waals surface area contributed by atoms with Gasteiger partial charge < -0.3 is 11.1 Å². The maximum Gasteiger partial charge on any atom is 0.261 e. The van der Waals surface area contributed by atoms with Crippen LogP contribution in [0.5, 0.6) is 0 Å². The van der Waals surface area contributed by atoms with Crippen molar-refractivity contribution in [3.8, 4) is 0 Å². The third kappa shape index (κ3) is 2.82. The topological polar surface area (TPSA) is 55.1 Å². The molecule has 0 spiro atoms. The Labute approximate surface area is 81.9 Å². The zero-order valence-electron chi connectivity index (χ0n) is 7.67. The summed E-state index contributed by atoms with van der Waals surface area (Å²) in [6.07, 6.45) is 0.981. The first-order valence-electron chi connectivity index (χ1n) is 4.35. The van der Waals surface area contributed by atoms with E-state index in [2.05, 4.69) is 12.2 Å². The van der Waals surface area contributed by atoms with Gasteiger partial charge in [-0.2, -0.15) is 0 Å². The summed E-state index contributed by atoms with van der Waals surface area (Å²) in [7, 11) is 0. The molecule has 1 aromatic heterocycles. The quantitative estimate of drug-likeness (QED) is 0.758. The zero-order valence-corrected chi connectivity index (χ0v) is 8.49. The molecular formula is C9H14N2OS. The highest BCUT2D eigenvalue weighted by atomic mass is 32.1. The van der Waals surface area contributed by atoms with Crippen LogP contribution in [-0.2, 0) is 6.42 Å². The molecule has 0 aliphatic carbocycles. The molecule has 0 fully saturated rings. The van der Waals surface area contributed by atoms with E-state index in [-0.39, 0.29) is 5.91 Å². The Morgan fingerprint density at radius 1 is 1.62 bits per heavy atom. The van der Waals surface area contributed by atoms with Gasteiger partial charge in [-0.3, -0.25) is 4.79 Å². The average molecular weight is 198 g/mol. The van der Waals surface area contributed by atoms with Gasteiger partial charge in [-0.1, -0.05) is 6.92 Å². The Morgan fingerprint density at radius 3 is 2.92 bits per heavy atom. The van der Waals surface area contributed by atoms with Crippen LogP contribution in [0.3, 0.4) is 0 Å². The molecule has 0 aliphatic heterocycles. The van der Waals surface area contributed by atoms with Crippen molar-refractivity contribution in [3.05, 3.63) is 21.9 Å². The lowest BCUT2D eigenvalue weighted by atomic mass is 10.3. The number of nitrogens with one attached hydrogen (secondary N) is 1. The lowest BCUT2D eigenvalue weighted by Crippen LogP contribution is -2.28. The third-order valence-corrected chi connectivity index (χ3v) is 2.89. The van der Waals surface area contributed by atoms with Crippen LogP contribution >= 0.6 is 11.3 Å². The van der Waals surface area contributed by atoms with E-state index in [1.807, 2.05) is 12.1 Å². The van der Waals surface area contributed by atoms with Crippen LogP contribution in [0.15, 0.2) is 12.1 Å². The van der Waals surface area contributed by atoms with Crippen molar-refractivity contribution in [2.24, 2.45) is 5.73 Å². The lowest BCUT2D eigenvalue weighted by Gasteiger charge is -1.99. The number of thiophene rings is 1. The fourth-order valence-electron chi connectivity index (χ4n) is 0.963. The maximum atomic E-state index is 11.4. The smallest absolute Gasteiger partial charge is 0.261 e. The Kier molecular flexibility index (Phi) is 3.92.